The average molecular weight is 283 g/mol. The maximum Gasteiger partial charge on any atom is 0.122 e. The molecule has 112 valence electrons. The van der Waals surface area contributed by atoms with Crippen LogP contribution < -0.4 is 10.5 Å². The van der Waals surface area contributed by atoms with E-state index >= 15 is 0 Å². The molecule has 2 heteroatoms. The van der Waals surface area contributed by atoms with E-state index < -0.39 is 0 Å². The number of rotatable bonds is 4. The van der Waals surface area contributed by atoms with Gasteiger partial charge < -0.3 is 10.5 Å². The lowest BCUT2D eigenvalue weighted by Crippen LogP contribution is -2.33. The minimum absolute atomic E-state index is 0.0653. The number of nitrogens with two attached hydrogens (primary N) is 1. The average Bonchev–Trinajstić information content (AvgIpc) is 2.49. The summed E-state index contributed by atoms with van der Waals surface area (Å²) in [6.45, 7) is 8.56. The molecule has 2 N–H and O–H groups in total. The van der Waals surface area contributed by atoms with E-state index in [1.807, 2.05) is 6.07 Å². The number of aryl methyl sites for hydroxylation is 2. The molecule has 0 saturated carbocycles. The zero-order valence-electron chi connectivity index (χ0n) is 13.6. The van der Waals surface area contributed by atoms with E-state index in [0.29, 0.717) is 0 Å². The normalized spacial score (nSPS) is 13.0. The van der Waals surface area contributed by atoms with Gasteiger partial charge >= 0.3 is 0 Å². The van der Waals surface area contributed by atoms with Crippen LogP contribution in [0.1, 0.15) is 42.1 Å². The summed E-state index contributed by atoms with van der Waals surface area (Å²) in [7, 11) is 1.70. The molecule has 21 heavy (non-hydrogen) atoms. The summed E-state index contributed by atoms with van der Waals surface area (Å²) in [5.41, 5.74) is 11.2. The summed E-state index contributed by atoms with van der Waals surface area (Å²) >= 11 is 0. The van der Waals surface area contributed by atoms with Crippen LogP contribution in [0.25, 0.3) is 0 Å². The minimum Gasteiger partial charge on any atom is -0.496 e. The highest BCUT2D eigenvalue weighted by molar-refractivity contribution is 5.44. The quantitative estimate of drug-likeness (QED) is 0.908. The fraction of sp³-hybridized carbons (Fsp3) is 0.368. The second-order valence-corrected chi connectivity index (χ2v) is 6.24. The first-order chi connectivity index (χ1) is 9.87. The molecule has 0 fully saturated rings. The lowest BCUT2D eigenvalue weighted by atomic mass is 9.74. The van der Waals surface area contributed by atoms with Crippen molar-refractivity contribution in [3.05, 3.63) is 64.7 Å². The van der Waals surface area contributed by atoms with Gasteiger partial charge in [0.25, 0.3) is 0 Å². The van der Waals surface area contributed by atoms with Gasteiger partial charge in [-0.15, -0.1) is 0 Å². The van der Waals surface area contributed by atoms with Crippen molar-refractivity contribution in [2.75, 3.05) is 7.11 Å². The molecule has 1 unspecified atom stereocenters. The zero-order valence-corrected chi connectivity index (χ0v) is 13.6. The fourth-order valence-corrected chi connectivity index (χ4v) is 2.80. The van der Waals surface area contributed by atoms with Crippen molar-refractivity contribution < 1.29 is 4.74 Å². The fourth-order valence-electron chi connectivity index (χ4n) is 2.80. The zero-order chi connectivity index (χ0) is 15.6. The Bertz CT molecular complexity index is 617. The van der Waals surface area contributed by atoms with Gasteiger partial charge in [-0.2, -0.15) is 0 Å². The molecule has 2 nitrogen and oxygen atoms in total. The molecule has 2 aromatic rings. The van der Waals surface area contributed by atoms with Crippen LogP contribution >= 0.6 is 0 Å². The van der Waals surface area contributed by atoms with Gasteiger partial charge in [-0.25, -0.2) is 0 Å². The third-order valence-electron chi connectivity index (χ3n) is 4.41. The molecule has 0 aliphatic heterocycles. The number of ether oxygens (including phenoxy) is 1. The number of hydrogen-bond acceptors (Lipinski definition) is 2. The summed E-state index contributed by atoms with van der Waals surface area (Å²) in [6.07, 6.45) is 0. The third-order valence-corrected chi connectivity index (χ3v) is 4.41. The molecule has 0 amide bonds. The molecular formula is C19H25NO. The SMILES string of the molecule is COc1cc(C)c(C(N)C(C)(C)c2ccccc2)cc1C. The summed E-state index contributed by atoms with van der Waals surface area (Å²) in [5.74, 6) is 0.918. The molecule has 0 saturated heterocycles. The number of benzene rings is 2. The molecule has 0 spiro atoms. The summed E-state index contributed by atoms with van der Waals surface area (Å²) in [4.78, 5) is 0. The van der Waals surface area contributed by atoms with Crippen LogP contribution in [0.15, 0.2) is 42.5 Å². The molecular weight excluding hydrogens is 258 g/mol. The van der Waals surface area contributed by atoms with E-state index in [1.54, 1.807) is 7.11 Å². The van der Waals surface area contributed by atoms with Crippen molar-refractivity contribution in [1.82, 2.24) is 0 Å². The van der Waals surface area contributed by atoms with Gasteiger partial charge in [0.15, 0.2) is 0 Å². The molecule has 1 atom stereocenters. The van der Waals surface area contributed by atoms with Crippen molar-refractivity contribution in [2.45, 2.75) is 39.2 Å². The monoisotopic (exact) mass is 283 g/mol. The van der Waals surface area contributed by atoms with Gasteiger partial charge in [-0.05, 0) is 42.2 Å². The highest BCUT2D eigenvalue weighted by atomic mass is 16.5. The van der Waals surface area contributed by atoms with Gasteiger partial charge in [-0.1, -0.05) is 50.2 Å². The Kier molecular flexibility index (Phi) is 4.38. The summed E-state index contributed by atoms with van der Waals surface area (Å²) in [6, 6.07) is 14.6. The molecule has 0 bridgehead atoms. The maximum absolute atomic E-state index is 6.63. The predicted octanol–water partition coefficient (Wildman–Crippen LogP) is 4.29. The largest absolute Gasteiger partial charge is 0.496 e. The molecule has 0 aliphatic carbocycles. The Morgan fingerprint density at radius 1 is 1.00 bits per heavy atom. The first-order valence-corrected chi connectivity index (χ1v) is 7.34. The molecule has 2 aromatic carbocycles. The van der Waals surface area contributed by atoms with E-state index in [0.717, 1.165) is 11.3 Å². The number of methoxy groups -OCH3 is 1. The van der Waals surface area contributed by atoms with Crippen molar-refractivity contribution in [3.63, 3.8) is 0 Å². The lowest BCUT2D eigenvalue weighted by Gasteiger charge is -2.34. The first-order valence-electron chi connectivity index (χ1n) is 7.34. The van der Waals surface area contributed by atoms with Crippen LogP contribution in [-0.2, 0) is 5.41 Å². The highest BCUT2D eigenvalue weighted by Crippen LogP contribution is 2.37. The molecule has 0 aromatic heterocycles. The van der Waals surface area contributed by atoms with Crippen LogP contribution in [-0.4, -0.2) is 7.11 Å². The second-order valence-electron chi connectivity index (χ2n) is 6.24. The molecule has 0 heterocycles. The van der Waals surface area contributed by atoms with Crippen molar-refractivity contribution >= 4 is 0 Å². The summed E-state index contributed by atoms with van der Waals surface area (Å²) < 4.78 is 5.39. The smallest absolute Gasteiger partial charge is 0.122 e. The Balaban J connectivity index is 2.44. The van der Waals surface area contributed by atoms with E-state index in [-0.39, 0.29) is 11.5 Å². The topological polar surface area (TPSA) is 35.2 Å². The van der Waals surface area contributed by atoms with Gasteiger partial charge in [-0.3, -0.25) is 0 Å². The van der Waals surface area contributed by atoms with E-state index in [2.05, 4.69) is 64.1 Å². The van der Waals surface area contributed by atoms with E-state index in [4.69, 9.17) is 10.5 Å². The van der Waals surface area contributed by atoms with Crippen molar-refractivity contribution in [2.24, 2.45) is 5.73 Å². The summed E-state index contributed by atoms with van der Waals surface area (Å²) in [5, 5.41) is 0. The first kappa shape index (κ1) is 15.6. The standard InChI is InChI=1S/C19H25NO/c1-13-12-17(21-5)14(2)11-16(13)18(20)19(3,4)15-9-7-6-8-10-15/h6-12,18H,20H2,1-5H3. The maximum atomic E-state index is 6.63. The Morgan fingerprint density at radius 2 is 1.62 bits per heavy atom. The van der Waals surface area contributed by atoms with Gasteiger partial charge in [0, 0.05) is 11.5 Å². The van der Waals surface area contributed by atoms with Gasteiger partial charge in [0.2, 0.25) is 0 Å². The highest BCUT2D eigenvalue weighted by Gasteiger charge is 2.30. The Labute approximate surface area is 127 Å². The third kappa shape index (κ3) is 2.96. The van der Waals surface area contributed by atoms with E-state index in [9.17, 15) is 0 Å². The van der Waals surface area contributed by atoms with Crippen LogP contribution in [0.2, 0.25) is 0 Å². The van der Waals surface area contributed by atoms with Crippen LogP contribution in [0.3, 0.4) is 0 Å². The predicted molar refractivity (Wildman–Crippen MR) is 88.9 cm³/mol. The Hall–Kier alpha value is -1.80. The molecule has 2 rings (SSSR count). The Morgan fingerprint density at radius 3 is 2.19 bits per heavy atom. The van der Waals surface area contributed by atoms with Gasteiger partial charge in [0.1, 0.15) is 5.75 Å². The van der Waals surface area contributed by atoms with E-state index in [1.165, 1.54) is 16.7 Å². The minimum atomic E-state index is -0.132. The van der Waals surface area contributed by atoms with Crippen LogP contribution in [0.5, 0.6) is 5.75 Å². The molecule has 0 radical (unpaired) electrons. The van der Waals surface area contributed by atoms with Gasteiger partial charge in [0.05, 0.1) is 7.11 Å². The lowest BCUT2D eigenvalue weighted by molar-refractivity contribution is 0.405. The van der Waals surface area contributed by atoms with Crippen LogP contribution in [0.4, 0.5) is 0 Å². The second kappa shape index (κ2) is 5.90. The van der Waals surface area contributed by atoms with Crippen molar-refractivity contribution in [1.29, 1.82) is 0 Å². The van der Waals surface area contributed by atoms with Crippen molar-refractivity contribution in [3.8, 4) is 5.75 Å². The molecule has 0 aliphatic rings. The number of hydrogen-bond donors (Lipinski definition) is 1. The van der Waals surface area contributed by atoms with Crippen LogP contribution in [0, 0.1) is 13.8 Å².